The smallest absolute Gasteiger partial charge is 0.225 e. The number of methoxy groups -OCH3 is 1. The molecule has 1 aliphatic carbocycles. The highest BCUT2D eigenvalue weighted by atomic mass is 79.9. The third kappa shape index (κ3) is 5.38. The van der Waals surface area contributed by atoms with Crippen molar-refractivity contribution in [3.8, 4) is 5.75 Å². The Morgan fingerprint density at radius 1 is 1.21 bits per heavy atom. The van der Waals surface area contributed by atoms with Gasteiger partial charge in [0.1, 0.15) is 26.9 Å². The molecule has 10 heteroatoms. The van der Waals surface area contributed by atoms with Crippen molar-refractivity contribution in [1.29, 1.82) is 0 Å². The Morgan fingerprint density at radius 2 is 1.94 bits per heavy atom. The summed E-state index contributed by atoms with van der Waals surface area (Å²) in [5.41, 5.74) is 1.33. The van der Waals surface area contributed by atoms with E-state index in [1.54, 1.807) is 26.2 Å². The van der Waals surface area contributed by atoms with E-state index in [0.29, 0.717) is 27.5 Å². The summed E-state index contributed by atoms with van der Waals surface area (Å²) in [6.07, 6.45) is 2.92. The van der Waals surface area contributed by atoms with Gasteiger partial charge in [0.25, 0.3) is 0 Å². The number of sulfone groups is 1. The minimum Gasteiger partial charge on any atom is -0.496 e. The van der Waals surface area contributed by atoms with Crippen LogP contribution in [0.25, 0.3) is 10.9 Å². The molecule has 1 heterocycles. The normalized spacial score (nSPS) is 19.1. The number of hydrogen-bond acceptors (Lipinski definition) is 7. The van der Waals surface area contributed by atoms with Gasteiger partial charge in [-0.05, 0) is 65.4 Å². The zero-order chi connectivity index (χ0) is 23.8. The van der Waals surface area contributed by atoms with Crippen LogP contribution in [0.1, 0.15) is 31.2 Å². The maximum absolute atomic E-state index is 14.9. The number of fused-ring (bicyclic) bond motifs is 1. The Balaban J connectivity index is 1.57. The fraction of sp³-hybridized carbons (Fsp3) is 0.391. The molecule has 4 rings (SSSR count). The molecule has 1 fully saturated rings. The number of hydrogen-bond donors (Lipinski definition) is 2. The molecule has 0 aliphatic heterocycles. The number of benzene rings is 2. The van der Waals surface area contributed by atoms with Crippen LogP contribution in [0.15, 0.2) is 40.9 Å². The van der Waals surface area contributed by atoms with Gasteiger partial charge in [-0.3, -0.25) is 0 Å². The lowest BCUT2D eigenvalue weighted by molar-refractivity contribution is 0.349. The van der Waals surface area contributed by atoms with Crippen molar-refractivity contribution in [3.05, 3.63) is 52.3 Å². The van der Waals surface area contributed by atoms with Crippen LogP contribution in [0.3, 0.4) is 0 Å². The first kappa shape index (κ1) is 23.7. The van der Waals surface area contributed by atoms with Crippen molar-refractivity contribution in [2.75, 3.05) is 29.8 Å². The quantitative estimate of drug-likeness (QED) is 0.429. The minimum atomic E-state index is -3.19. The van der Waals surface area contributed by atoms with Gasteiger partial charge >= 0.3 is 0 Å². The highest BCUT2D eigenvalue weighted by Crippen LogP contribution is 2.42. The molecule has 0 spiro atoms. The summed E-state index contributed by atoms with van der Waals surface area (Å²) in [5.74, 6) is 1.38. The third-order valence-corrected chi connectivity index (χ3v) is 7.46. The number of nitrogens with one attached hydrogen (secondary N) is 2. The summed E-state index contributed by atoms with van der Waals surface area (Å²) in [7, 11) is -1.52. The van der Waals surface area contributed by atoms with Crippen molar-refractivity contribution < 1.29 is 17.5 Å². The van der Waals surface area contributed by atoms with Gasteiger partial charge < -0.3 is 15.4 Å². The second kappa shape index (κ2) is 9.42. The molecule has 2 aromatic carbocycles. The lowest BCUT2D eigenvalue weighted by Gasteiger charge is -2.36. The molecule has 1 aliphatic rings. The number of halogens is 2. The lowest BCUT2D eigenvalue weighted by Crippen LogP contribution is -2.35. The average Bonchev–Trinajstić information content (AvgIpc) is 2.72. The summed E-state index contributed by atoms with van der Waals surface area (Å²) in [4.78, 5) is 8.98. The fourth-order valence-electron chi connectivity index (χ4n) is 4.22. The lowest BCUT2D eigenvalue weighted by atomic mass is 9.75. The Hall–Kier alpha value is -2.46. The Morgan fingerprint density at radius 3 is 2.64 bits per heavy atom. The topological polar surface area (TPSA) is 93.2 Å². The number of aromatic nitrogens is 2. The van der Waals surface area contributed by atoms with Crippen LogP contribution in [0.4, 0.5) is 16.2 Å². The third-order valence-electron chi connectivity index (χ3n) is 5.75. The van der Waals surface area contributed by atoms with Crippen LogP contribution in [0.2, 0.25) is 0 Å². The van der Waals surface area contributed by atoms with Crippen LogP contribution >= 0.6 is 15.9 Å². The molecule has 7 nitrogen and oxygen atoms in total. The molecule has 1 unspecified atom stereocenters. The van der Waals surface area contributed by atoms with Crippen molar-refractivity contribution in [1.82, 2.24) is 9.97 Å². The first-order valence-electron chi connectivity index (χ1n) is 10.6. The van der Waals surface area contributed by atoms with E-state index < -0.39 is 21.7 Å². The van der Waals surface area contributed by atoms with E-state index >= 15 is 0 Å². The summed E-state index contributed by atoms with van der Waals surface area (Å²) >= 11 is 3.21. The molecule has 0 bridgehead atoms. The second-order valence-corrected chi connectivity index (χ2v) is 11.6. The maximum Gasteiger partial charge on any atom is 0.225 e. The molecule has 0 amide bonds. The average molecular weight is 537 g/mol. The van der Waals surface area contributed by atoms with Gasteiger partial charge in [0.2, 0.25) is 5.95 Å². The minimum absolute atomic E-state index is 0.0660. The molecule has 1 atom stereocenters. The number of rotatable bonds is 8. The molecular formula is C23H26BrFN4O3S. The van der Waals surface area contributed by atoms with Crippen LogP contribution in [-0.2, 0) is 9.84 Å². The Bertz CT molecular complexity index is 1280. The monoisotopic (exact) mass is 536 g/mol. The van der Waals surface area contributed by atoms with Crippen molar-refractivity contribution >= 4 is 48.4 Å². The van der Waals surface area contributed by atoms with Crippen LogP contribution in [0.5, 0.6) is 5.75 Å². The molecule has 176 valence electrons. The van der Waals surface area contributed by atoms with Gasteiger partial charge in [-0.25, -0.2) is 17.8 Å². The largest absolute Gasteiger partial charge is 0.496 e. The van der Waals surface area contributed by atoms with E-state index in [1.165, 1.54) is 11.8 Å². The molecule has 1 saturated carbocycles. The van der Waals surface area contributed by atoms with Gasteiger partial charge in [0.15, 0.2) is 5.82 Å². The molecule has 2 N–H and O–H groups in total. The fourth-order valence-corrected chi connectivity index (χ4v) is 5.53. The summed E-state index contributed by atoms with van der Waals surface area (Å²) < 4.78 is 44.0. The Labute approximate surface area is 201 Å². The van der Waals surface area contributed by atoms with Crippen LogP contribution in [-0.4, -0.2) is 49.6 Å². The number of ether oxygens (including phenoxy) is 1. The molecule has 33 heavy (non-hydrogen) atoms. The van der Waals surface area contributed by atoms with Gasteiger partial charge in [-0.2, -0.15) is 4.98 Å². The van der Waals surface area contributed by atoms with E-state index in [4.69, 9.17) is 4.74 Å². The highest BCUT2D eigenvalue weighted by Gasteiger charge is 2.32. The van der Waals surface area contributed by atoms with Crippen LogP contribution < -0.4 is 15.4 Å². The van der Waals surface area contributed by atoms with E-state index in [2.05, 4.69) is 42.6 Å². The maximum atomic E-state index is 14.9. The SMILES string of the molecule is COc1ccccc1C1CC(Nc2nc(NC(C)CS(C)(=O)=O)c3ccc(Br)c(F)c3n2)C1. The molecule has 3 aromatic rings. The zero-order valence-corrected chi connectivity index (χ0v) is 21.0. The molecular weight excluding hydrogens is 511 g/mol. The first-order valence-corrected chi connectivity index (χ1v) is 13.5. The van der Waals surface area contributed by atoms with E-state index in [-0.39, 0.29) is 17.3 Å². The van der Waals surface area contributed by atoms with Gasteiger partial charge in [-0.1, -0.05) is 18.2 Å². The molecule has 0 radical (unpaired) electrons. The van der Waals surface area contributed by atoms with Gasteiger partial charge in [0, 0.05) is 23.7 Å². The number of anilines is 2. The van der Waals surface area contributed by atoms with E-state index in [1.807, 2.05) is 18.2 Å². The number of para-hydroxylation sites is 1. The predicted molar refractivity (Wildman–Crippen MR) is 132 cm³/mol. The van der Waals surface area contributed by atoms with Gasteiger partial charge in [-0.15, -0.1) is 0 Å². The Kier molecular flexibility index (Phi) is 6.76. The summed E-state index contributed by atoms with van der Waals surface area (Å²) in [5, 5.41) is 6.92. The molecule has 0 saturated heterocycles. The van der Waals surface area contributed by atoms with Gasteiger partial charge in [0.05, 0.1) is 17.3 Å². The molecule has 1 aromatic heterocycles. The zero-order valence-electron chi connectivity index (χ0n) is 18.6. The summed E-state index contributed by atoms with van der Waals surface area (Å²) in [6.45, 7) is 1.75. The predicted octanol–water partition coefficient (Wildman–Crippen LogP) is 4.74. The standard InChI is InChI=1S/C23H26BrFN4O3S/c1-13(12-33(3,30)31)26-22-17-8-9-18(24)20(25)21(17)28-23(29-22)27-15-10-14(11-15)16-6-4-5-7-19(16)32-2/h4-9,13-15H,10-12H2,1-3H3,(H2,26,27,28,29). The second-order valence-electron chi connectivity index (χ2n) is 8.54. The van der Waals surface area contributed by atoms with Crippen LogP contribution in [0, 0.1) is 5.82 Å². The van der Waals surface area contributed by atoms with E-state index in [0.717, 1.165) is 18.6 Å². The van der Waals surface area contributed by atoms with Crippen molar-refractivity contribution in [3.63, 3.8) is 0 Å². The van der Waals surface area contributed by atoms with E-state index in [9.17, 15) is 12.8 Å². The first-order chi connectivity index (χ1) is 15.6. The summed E-state index contributed by atoms with van der Waals surface area (Å²) in [6, 6.07) is 11.0. The van der Waals surface area contributed by atoms with Crippen molar-refractivity contribution in [2.45, 2.75) is 37.8 Å². The number of nitrogens with zero attached hydrogens (tertiary/aromatic N) is 2. The van der Waals surface area contributed by atoms with Crippen molar-refractivity contribution in [2.24, 2.45) is 0 Å². The highest BCUT2D eigenvalue weighted by molar-refractivity contribution is 9.10.